The predicted molar refractivity (Wildman–Crippen MR) is 89.0 cm³/mol. The quantitative estimate of drug-likeness (QED) is 0.815. The zero-order valence-electron chi connectivity index (χ0n) is 13.7. The molecule has 0 aliphatic carbocycles. The van der Waals surface area contributed by atoms with Crippen molar-refractivity contribution in [1.82, 2.24) is 20.4 Å². The first-order valence-corrected chi connectivity index (χ1v) is 8.04. The minimum atomic E-state index is -4.74. The van der Waals surface area contributed by atoms with Crippen LogP contribution in [-0.2, 0) is 6.18 Å². The van der Waals surface area contributed by atoms with Gasteiger partial charge in [-0.2, -0.15) is 18.3 Å². The van der Waals surface area contributed by atoms with Gasteiger partial charge in [-0.25, -0.2) is 4.68 Å². The number of aromatic nitrogens is 2. The molecule has 0 aliphatic rings. The van der Waals surface area contributed by atoms with Gasteiger partial charge in [0.15, 0.2) is 5.69 Å². The van der Waals surface area contributed by atoms with Crippen molar-refractivity contribution >= 4 is 17.5 Å². The van der Waals surface area contributed by atoms with Crippen LogP contribution in [0.2, 0.25) is 5.02 Å². The van der Waals surface area contributed by atoms with Crippen LogP contribution in [0.25, 0.3) is 5.69 Å². The molecule has 1 heterocycles. The Kier molecular flexibility index (Phi) is 6.07. The third kappa shape index (κ3) is 4.73. The molecule has 0 fully saturated rings. The molecule has 9 heteroatoms. The van der Waals surface area contributed by atoms with E-state index in [0.29, 0.717) is 16.2 Å². The molecule has 0 bridgehead atoms. The average Bonchev–Trinajstić information content (AvgIpc) is 2.99. The van der Waals surface area contributed by atoms with Crippen LogP contribution in [0.4, 0.5) is 13.2 Å². The van der Waals surface area contributed by atoms with Crippen LogP contribution in [0.5, 0.6) is 0 Å². The largest absolute Gasteiger partial charge is 0.434 e. The molecule has 0 saturated carbocycles. The van der Waals surface area contributed by atoms with E-state index in [-0.39, 0.29) is 18.3 Å². The van der Waals surface area contributed by atoms with Gasteiger partial charge in [0.1, 0.15) is 0 Å². The van der Waals surface area contributed by atoms with Crippen molar-refractivity contribution < 1.29 is 18.0 Å². The second kappa shape index (κ2) is 7.88. The van der Waals surface area contributed by atoms with Gasteiger partial charge in [-0.3, -0.25) is 4.79 Å². The zero-order chi connectivity index (χ0) is 18.6. The maximum atomic E-state index is 13.5. The Balaban J connectivity index is 2.33. The summed E-state index contributed by atoms with van der Waals surface area (Å²) in [4.78, 5) is 12.2. The van der Waals surface area contributed by atoms with Gasteiger partial charge in [-0.05, 0) is 37.7 Å². The Morgan fingerprint density at radius 1 is 1.32 bits per heavy atom. The lowest BCUT2D eigenvalue weighted by atomic mass is 10.2. The molecule has 1 atom stereocenters. The SMILES string of the molecule is CCN[C@H](C)CNC(=O)c1cnn(-c2ccc(Cl)cc2)c1C(F)(F)F. The first-order valence-electron chi connectivity index (χ1n) is 7.66. The van der Waals surface area contributed by atoms with Crippen LogP contribution in [-0.4, -0.2) is 34.8 Å². The Morgan fingerprint density at radius 2 is 1.96 bits per heavy atom. The van der Waals surface area contributed by atoms with E-state index in [4.69, 9.17) is 11.6 Å². The second-order valence-corrected chi connectivity index (χ2v) is 5.90. The molecule has 2 aromatic rings. The number of nitrogens with zero attached hydrogens (tertiary/aromatic N) is 2. The summed E-state index contributed by atoms with van der Waals surface area (Å²) in [5, 5.41) is 9.69. The van der Waals surface area contributed by atoms with E-state index in [9.17, 15) is 18.0 Å². The summed E-state index contributed by atoms with van der Waals surface area (Å²) in [6, 6.07) is 5.65. The number of amides is 1. The van der Waals surface area contributed by atoms with Crippen molar-refractivity contribution in [2.45, 2.75) is 26.1 Å². The minimum Gasteiger partial charge on any atom is -0.350 e. The van der Waals surface area contributed by atoms with Gasteiger partial charge in [0, 0.05) is 17.6 Å². The fraction of sp³-hybridized carbons (Fsp3) is 0.375. The smallest absolute Gasteiger partial charge is 0.350 e. The highest BCUT2D eigenvalue weighted by atomic mass is 35.5. The zero-order valence-corrected chi connectivity index (χ0v) is 14.4. The van der Waals surface area contributed by atoms with E-state index in [1.54, 1.807) is 0 Å². The van der Waals surface area contributed by atoms with E-state index in [1.807, 2.05) is 13.8 Å². The number of likely N-dealkylation sites (N-methyl/N-ethyl adjacent to an activating group) is 1. The summed E-state index contributed by atoms with van der Waals surface area (Å²) in [7, 11) is 0. The Morgan fingerprint density at radius 3 is 2.52 bits per heavy atom. The molecular weight excluding hydrogens is 357 g/mol. The third-order valence-electron chi connectivity index (χ3n) is 3.47. The molecule has 0 unspecified atom stereocenters. The Bertz CT molecular complexity index is 728. The van der Waals surface area contributed by atoms with Gasteiger partial charge in [-0.15, -0.1) is 0 Å². The first kappa shape index (κ1) is 19.3. The van der Waals surface area contributed by atoms with Crippen LogP contribution >= 0.6 is 11.6 Å². The van der Waals surface area contributed by atoms with Crippen molar-refractivity contribution in [3.8, 4) is 5.69 Å². The Labute approximate surface area is 148 Å². The lowest BCUT2D eigenvalue weighted by Gasteiger charge is -2.15. The van der Waals surface area contributed by atoms with E-state index < -0.39 is 23.3 Å². The van der Waals surface area contributed by atoms with Crippen molar-refractivity contribution in [1.29, 1.82) is 0 Å². The number of hydrogen-bond donors (Lipinski definition) is 2. The standard InChI is InChI=1S/C16H18ClF3N4O/c1-3-21-10(2)8-22-15(25)13-9-23-24(14(13)16(18,19)20)12-6-4-11(17)5-7-12/h4-7,9-10,21H,3,8H2,1-2H3,(H,22,25)/t10-/m1/s1. The highest BCUT2D eigenvalue weighted by molar-refractivity contribution is 6.30. The number of carbonyl (C=O) groups excluding carboxylic acids is 1. The summed E-state index contributed by atoms with van der Waals surface area (Å²) < 4.78 is 41.2. The van der Waals surface area contributed by atoms with Gasteiger partial charge in [0.2, 0.25) is 0 Å². The second-order valence-electron chi connectivity index (χ2n) is 5.46. The van der Waals surface area contributed by atoms with E-state index in [2.05, 4.69) is 15.7 Å². The number of alkyl halides is 3. The molecule has 136 valence electrons. The van der Waals surface area contributed by atoms with Gasteiger partial charge in [0.05, 0.1) is 17.4 Å². The molecule has 2 rings (SSSR count). The summed E-state index contributed by atoms with van der Waals surface area (Å²) in [5.74, 6) is -0.822. The maximum Gasteiger partial charge on any atom is 0.434 e. The molecule has 0 saturated heterocycles. The third-order valence-corrected chi connectivity index (χ3v) is 3.73. The van der Waals surface area contributed by atoms with Crippen LogP contribution in [0.1, 0.15) is 29.9 Å². The van der Waals surface area contributed by atoms with Crippen molar-refractivity contribution in [3.63, 3.8) is 0 Å². The van der Waals surface area contributed by atoms with Crippen molar-refractivity contribution in [2.24, 2.45) is 0 Å². The topological polar surface area (TPSA) is 58.9 Å². The number of halogens is 4. The molecule has 0 spiro atoms. The van der Waals surface area contributed by atoms with Crippen LogP contribution in [0.3, 0.4) is 0 Å². The lowest BCUT2D eigenvalue weighted by molar-refractivity contribution is -0.143. The minimum absolute atomic E-state index is 0.0606. The molecule has 5 nitrogen and oxygen atoms in total. The van der Waals surface area contributed by atoms with Crippen LogP contribution < -0.4 is 10.6 Å². The maximum absolute atomic E-state index is 13.5. The van der Waals surface area contributed by atoms with Crippen LogP contribution in [0.15, 0.2) is 30.5 Å². The molecule has 1 aromatic heterocycles. The monoisotopic (exact) mass is 374 g/mol. The number of nitrogens with one attached hydrogen (secondary N) is 2. The highest BCUT2D eigenvalue weighted by Crippen LogP contribution is 2.33. The fourth-order valence-electron chi connectivity index (χ4n) is 2.33. The number of carbonyl (C=O) groups is 1. The summed E-state index contributed by atoms with van der Waals surface area (Å²) in [6.07, 6.45) is -3.82. The predicted octanol–water partition coefficient (Wildman–Crippen LogP) is 3.27. The van der Waals surface area contributed by atoms with E-state index in [1.165, 1.54) is 24.3 Å². The van der Waals surface area contributed by atoms with Gasteiger partial charge in [0.25, 0.3) is 5.91 Å². The molecule has 1 amide bonds. The molecule has 25 heavy (non-hydrogen) atoms. The summed E-state index contributed by atoms with van der Waals surface area (Å²) in [5.41, 5.74) is -1.48. The van der Waals surface area contributed by atoms with E-state index >= 15 is 0 Å². The van der Waals surface area contributed by atoms with Gasteiger partial charge >= 0.3 is 6.18 Å². The van der Waals surface area contributed by atoms with Gasteiger partial charge in [-0.1, -0.05) is 18.5 Å². The lowest BCUT2D eigenvalue weighted by Crippen LogP contribution is -2.39. The molecule has 1 aromatic carbocycles. The summed E-state index contributed by atoms with van der Waals surface area (Å²) >= 11 is 5.76. The molecular formula is C16H18ClF3N4O. The first-order chi connectivity index (χ1) is 11.7. The molecule has 2 N–H and O–H groups in total. The van der Waals surface area contributed by atoms with Crippen molar-refractivity contribution in [2.75, 3.05) is 13.1 Å². The van der Waals surface area contributed by atoms with Gasteiger partial charge < -0.3 is 10.6 Å². The van der Waals surface area contributed by atoms with Crippen LogP contribution in [0, 0.1) is 0 Å². The molecule has 0 aliphatic heterocycles. The highest BCUT2D eigenvalue weighted by Gasteiger charge is 2.40. The number of hydrogen-bond acceptors (Lipinski definition) is 3. The average molecular weight is 375 g/mol. The Hall–Kier alpha value is -2.06. The normalized spacial score (nSPS) is 12.9. The molecule has 0 radical (unpaired) electrons. The fourth-order valence-corrected chi connectivity index (χ4v) is 2.45. The summed E-state index contributed by atoms with van der Waals surface area (Å²) in [6.45, 7) is 4.62. The van der Waals surface area contributed by atoms with Crippen molar-refractivity contribution in [3.05, 3.63) is 46.7 Å². The number of benzene rings is 1. The number of rotatable bonds is 6. The van der Waals surface area contributed by atoms with E-state index in [0.717, 1.165) is 6.20 Å².